The van der Waals surface area contributed by atoms with Gasteiger partial charge in [-0.15, -0.1) is 20.4 Å². The Morgan fingerprint density at radius 2 is 2.14 bits per heavy atom. The molecule has 1 saturated carbocycles. The minimum Gasteiger partial charge on any atom is -0.419 e. The third-order valence-electron chi connectivity index (χ3n) is 4.42. The van der Waals surface area contributed by atoms with Crippen molar-refractivity contribution in [3.63, 3.8) is 0 Å². The van der Waals surface area contributed by atoms with Crippen LogP contribution >= 0.6 is 23.1 Å². The molecule has 1 aliphatic rings. The van der Waals surface area contributed by atoms with Crippen molar-refractivity contribution in [1.82, 2.24) is 20.4 Å². The summed E-state index contributed by atoms with van der Waals surface area (Å²) in [5.41, 5.74) is 2.05. The van der Waals surface area contributed by atoms with E-state index in [9.17, 15) is 4.79 Å². The Balaban J connectivity index is 1.46. The summed E-state index contributed by atoms with van der Waals surface area (Å²) < 4.78 is 6.65. The van der Waals surface area contributed by atoms with Crippen LogP contribution in [0.25, 0.3) is 11.5 Å². The summed E-state index contributed by atoms with van der Waals surface area (Å²) in [7, 11) is 0. The molecule has 0 radical (unpaired) electrons. The molecule has 7 nitrogen and oxygen atoms in total. The number of benzene rings is 1. The standard InChI is InChI=1S/C19H21N5O2S2/c1-4-15(25)24(14-8-9-14)18-22-23-19(28-18)27-12(3)16-20-21-17(26-16)13-7-5-6-11(2)10-13/h5-7,10,12,14H,4,8-9H2,1-3H3/t12-/m0/s1. The van der Waals surface area contributed by atoms with E-state index >= 15 is 0 Å². The van der Waals surface area contributed by atoms with Crippen LogP contribution in [0.5, 0.6) is 0 Å². The second-order valence-electron chi connectivity index (χ2n) is 6.77. The number of hydrogen-bond acceptors (Lipinski definition) is 8. The van der Waals surface area contributed by atoms with Gasteiger partial charge in [-0.05, 0) is 38.8 Å². The Morgan fingerprint density at radius 1 is 1.32 bits per heavy atom. The Bertz CT molecular complexity index is 982. The molecule has 2 heterocycles. The SMILES string of the molecule is CCC(=O)N(c1nnc(S[C@@H](C)c2nnc(-c3cccc(C)c3)o2)s1)C1CC1. The van der Waals surface area contributed by atoms with Crippen molar-refractivity contribution >= 4 is 34.1 Å². The van der Waals surface area contributed by atoms with E-state index in [0.29, 0.717) is 23.3 Å². The van der Waals surface area contributed by atoms with Crippen LogP contribution in [-0.4, -0.2) is 32.3 Å². The van der Waals surface area contributed by atoms with E-state index in [1.807, 2.05) is 45.0 Å². The van der Waals surface area contributed by atoms with Gasteiger partial charge in [-0.25, -0.2) is 0 Å². The van der Waals surface area contributed by atoms with Crippen LogP contribution in [0.3, 0.4) is 0 Å². The van der Waals surface area contributed by atoms with E-state index in [0.717, 1.165) is 28.3 Å². The molecule has 0 unspecified atom stereocenters. The first kappa shape index (κ1) is 19.1. The van der Waals surface area contributed by atoms with Gasteiger partial charge in [0.1, 0.15) is 0 Å². The molecule has 3 aromatic rings. The van der Waals surface area contributed by atoms with E-state index in [2.05, 4.69) is 20.4 Å². The maximum Gasteiger partial charge on any atom is 0.247 e. The monoisotopic (exact) mass is 415 g/mol. The number of thioether (sulfide) groups is 1. The molecule has 1 aromatic carbocycles. The third-order valence-corrected chi connectivity index (χ3v) is 6.51. The Kier molecular flexibility index (Phi) is 5.45. The van der Waals surface area contributed by atoms with Crippen LogP contribution in [-0.2, 0) is 4.79 Å². The van der Waals surface area contributed by atoms with Gasteiger partial charge < -0.3 is 4.42 Å². The minimum atomic E-state index is -0.0666. The summed E-state index contributed by atoms with van der Waals surface area (Å²) in [4.78, 5) is 14.0. The second-order valence-corrected chi connectivity index (χ2v) is 9.32. The van der Waals surface area contributed by atoms with Gasteiger partial charge >= 0.3 is 0 Å². The maximum atomic E-state index is 12.2. The summed E-state index contributed by atoms with van der Waals surface area (Å²) in [6, 6.07) is 8.25. The summed E-state index contributed by atoms with van der Waals surface area (Å²) in [6.07, 6.45) is 2.54. The highest BCUT2D eigenvalue weighted by Crippen LogP contribution is 2.40. The quantitative estimate of drug-likeness (QED) is 0.410. The molecule has 0 N–H and O–H groups in total. The number of rotatable bonds is 7. The van der Waals surface area contributed by atoms with E-state index in [4.69, 9.17) is 4.42 Å². The molecule has 4 rings (SSSR count). The van der Waals surface area contributed by atoms with Gasteiger partial charge in [0.25, 0.3) is 0 Å². The molecule has 0 aliphatic heterocycles. The summed E-state index contributed by atoms with van der Waals surface area (Å²) >= 11 is 2.95. The molecule has 1 amide bonds. The second kappa shape index (κ2) is 8.00. The van der Waals surface area contributed by atoms with Crippen molar-refractivity contribution in [3.8, 4) is 11.5 Å². The molecule has 28 heavy (non-hydrogen) atoms. The van der Waals surface area contributed by atoms with E-state index < -0.39 is 0 Å². The molecule has 0 bridgehead atoms. The van der Waals surface area contributed by atoms with Crippen LogP contribution in [0.2, 0.25) is 0 Å². The van der Waals surface area contributed by atoms with Gasteiger partial charge in [0.05, 0.1) is 5.25 Å². The normalized spacial score (nSPS) is 14.8. The van der Waals surface area contributed by atoms with Gasteiger partial charge in [0.15, 0.2) is 4.34 Å². The lowest BCUT2D eigenvalue weighted by atomic mass is 10.1. The van der Waals surface area contributed by atoms with Crippen LogP contribution in [0, 0.1) is 6.92 Å². The van der Waals surface area contributed by atoms with Crippen LogP contribution in [0.4, 0.5) is 5.13 Å². The van der Waals surface area contributed by atoms with E-state index in [1.165, 1.54) is 23.1 Å². The lowest BCUT2D eigenvalue weighted by Crippen LogP contribution is -2.32. The zero-order valence-corrected chi connectivity index (χ0v) is 17.6. The van der Waals surface area contributed by atoms with Crippen LogP contribution in [0.1, 0.15) is 49.8 Å². The van der Waals surface area contributed by atoms with Crippen molar-refractivity contribution in [1.29, 1.82) is 0 Å². The largest absolute Gasteiger partial charge is 0.419 e. The lowest BCUT2D eigenvalue weighted by Gasteiger charge is -2.17. The number of carbonyl (C=O) groups excluding carboxylic acids is 1. The van der Waals surface area contributed by atoms with Gasteiger partial charge in [-0.2, -0.15) is 0 Å². The van der Waals surface area contributed by atoms with Gasteiger partial charge in [0, 0.05) is 18.0 Å². The van der Waals surface area contributed by atoms with Crippen molar-refractivity contribution in [2.45, 2.75) is 55.7 Å². The first-order valence-electron chi connectivity index (χ1n) is 9.27. The molecular formula is C19H21N5O2S2. The maximum absolute atomic E-state index is 12.2. The third kappa shape index (κ3) is 4.10. The van der Waals surface area contributed by atoms with Crippen molar-refractivity contribution < 1.29 is 9.21 Å². The van der Waals surface area contributed by atoms with Crippen LogP contribution in [0.15, 0.2) is 33.0 Å². The molecule has 1 atom stereocenters. The Labute approximate surface area is 171 Å². The Hall–Kier alpha value is -2.26. The number of hydrogen-bond donors (Lipinski definition) is 0. The first-order chi connectivity index (χ1) is 13.5. The number of carbonyl (C=O) groups is 1. The first-order valence-corrected chi connectivity index (χ1v) is 11.0. The average molecular weight is 416 g/mol. The number of nitrogens with zero attached hydrogens (tertiary/aromatic N) is 5. The summed E-state index contributed by atoms with van der Waals surface area (Å²) in [5, 5.41) is 17.5. The molecular weight excluding hydrogens is 394 g/mol. The van der Waals surface area contributed by atoms with E-state index in [-0.39, 0.29) is 17.2 Å². The summed E-state index contributed by atoms with van der Waals surface area (Å²) in [5.74, 6) is 1.16. The zero-order chi connectivity index (χ0) is 19.7. The summed E-state index contributed by atoms with van der Waals surface area (Å²) in [6.45, 7) is 5.90. The van der Waals surface area contributed by atoms with Gasteiger partial charge in [-0.3, -0.25) is 9.69 Å². The predicted molar refractivity (Wildman–Crippen MR) is 109 cm³/mol. The smallest absolute Gasteiger partial charge is 0.247 e. The van der Waals surface area contributed by atoms with E-state index in [1.54, 1.807) is 4.90 Å². The molecule has 146 valence electrons. The molecule has 1 aliphatic carbocycles. The van der Waals surface area contributed by atoms with Gasteiger partial charge in [0.2, 0.25) is 22.8 Å². The molecule has 9 heteroatoms. The highest BCUT2D eigenvalue weighted by atomic mass is 32.2. The van der Waals surface area contributed by atoms with Crippen molar-refractivity contribution in [2.24, 2.45) is 0 Å². The fourth-order valence-electron chi connectivity index (χ4n) is 2.81. The topological polar surface area (TPSA) is 85.0 Å². The molecule has 0 spiro atoms. The molecule has 1 fully saturated rings. The lowest BCUT2D eigenvalue weighted by molar-refractivity contribution is -0.118. The predicted octanol–water partition coefficient (Wildman–Crippen LogP) is 4.66. The number of anilines is 1. The fourth-order valence-corrected chi connectivity index (χ4v) is 4.92. The van der Waals surface area contributed by atoms with Crippen molar-refractivity contribution in [2.75, 3.05) is 4.90 Å². The zero-order valence-electron chi connectivity index (χ0n) is 16.0. The highest BCUT2D eigenvalue weighted by molar-refractivity contribution is 8.01. The fraction of sp³-hybridized carbons (Fsp3) is 0.421. The minimum absolute atomic E-state index is 0.0666. The highest BCUT2D eigenvalue weighted by Gasteiger charge is 2.35. The van der Waals surface area contributed by atoms with Crippen LogP contribution < -0.4 is 4.90 Å². The number of aromatic nitrogens is 4. The molecule has 0 saturated heterocycles. The Morgan fingerprint density at radius 3 is 2.86 bits per heavy atom. The molecule has 2 aromatic heterocycles. The van der Waals surface area contributed by atoms with Crippen molar-refractivity contribution in [3.05, 3.63) is 35.7 Å². The number of aryl methyl sites for hydroxylation is 1. The number of amides is 1. The average Bonchev–Trinajstić information content (AvgIpc) is 3.20. The van der Waals surface area contributed by atoms with Gasteiger partial charge in [-0.1, -0.05) is 47.7 Å².